The van der Waals surface area contributed by atoms with E-state index in [1.807, 2.05) is 24.3 Å². The first kappa shape index (κ1) is 14.2. The lowest BCUT2D eigenvalue weighted by Crippen LogP contribution is -1.98. The predicted molar refractivity (Wildman–Crippen MR) is 82.6 cm³/mol. The van der Waals surface area contributed by atoms with Crippen LogP contribution in [0.25, 0.3) is 0 Å². The van der Waals surface area contributed by atoms with Crippen LogP contribution >= 0.6 is 50.9 Å². The average Bonchev–Trinajstić information content (AvgIpc) is 2.36. The van der Waals surface area contributed by atoms with Crippen LogP contribution in [0.4, 0.5) is 0 Å². The Labute approximate surface area is 129 Å². The first-order chi connectivity index (χ1) is 8.60. The fourth-order valence-corrected chi connectivity index (χ4v) is 3.36. The van der Waals surface area contributed by atoms with Gasteiger partial charge >= 0.3 is 0 Å². The largest absolute Gasteiger partial charge is 0.326 e. The zero-order chi connectivity index (χ0) is 13.1. The van der Waals surface area contributed by atoms with Crippen molar-refractivity contribution >= 4 is 50.9 Å². The van der Waals surface area contributed by atoms with Crippen LogP contribution in [0.3, 0.4) is 0 Å². The predicted octanol–water partition coefficient (Wildman–Crippen LogP) is 5.37. The van der Waals surface area contributed by atoms with Crippen molar-refractivity contribution in [2.45, 2.75) is 16.3 Å². The van der Waals surface area contributed by atoms with Gasteiger partial charge in [-0.25, -0.2) is 0 Å². The van der Waals surface area contributed by atoms with Gasteiger partial charge in [-0.3, -0.25) is 0 Å². The molecule has 94 valence electrons. The van der Waals surface area contributed by atoms with Gasteiger partial charge in [-0.15, -0.1) is 0 Å². The number of hydrogen-bond acceptors (Lipinski definition) is 2. The van der Waals surface area contributed by atoms with Gasteiger partial charge in [0.05, 0.1) is 5.02 Å². The Morgan fingerprint density at radius 1 is 1.06 bits per heavy atom. The van der Waals surface area contributed by atoms with Gasteiger partial charge < -0.3 is 5.73 Å². The maximum Gasteiger partial charge on any atom is 0.0546 e. The molecule has 5 heteroatoms. The Morgan fingerprint density at radius 2 is 1.83 bits per heavy atom. The third kappa shape index (κ3) is 3.43. The van der Waals surface area contributed by atoms with Crippen LogP contribution in [0.2, 0.25) is 10.0 Å². The molecule has 0 unspecified atom stereocenters. The van der Waals surface area contributed by atoms with E-state index in [2.05, 4.69) is 15.9 Å². The van der Waals surface area contributed by atoms with E-state index >= 15 is 0 Å². The summed E-state index contributed by atoms with van der Waals surface area (Å²) < 4.78 is 1.02. The molecule has 18 heavy (non-hydrogen) atoms. The monoisotopic (exact) mass is 361 g/mol. The number of benzene rings is 2. The van der Waals surface area contributed by atoms with Crippen molar-refractivity contribution in [1.82, 2.24) is 0 Å². The molecule has 0 saturated heterocycles. The Hall–Kier alpha value is -0.190. The summed E-state index contributed by atoms with van der Waals surface area (Å²) in [6, 6.07) is 11.5. The Balaban J connectivity index is 2.36. The summed E-state index contributed by atoms with van der Waals surface area (Å²) in [6.45, 7) is 0.486. The Bertz CT molecular complexity index is 575. The summed E-state index contributed by atoms with van der Waals surface area (Å²) in [5.74, 6) is 0. The van der Waals surface area contributed by atoms with Crippen LogP contribution in [-0.4, -0.2) is 0 Å². The van der Waals surface area contributed by atoms with Crippen molar-refractivity contribution < 1.29 is 0 Å². The zero-order valence-electron chi connectivity index (χ0n) is 9.29. The molecule has 0 atom stereocenters. The SMILES string of the molecule is NCc1cc(Br)ccc1Sc1cc(Cl)ccc1Cl. The molecule has 2 rings (SSSR count). The van der Waals surface area contributed by atoms with E-state index in [4.69, 9.17) is 28.9 Å². The van der Waals surface area contributed by atoms with Gasteiger partial charge in [-0.2, -0.15) is 0 Å². The molecule has 0 aliphatic carbocycles. The van der Waals surface area contributed by atoms with Crippen molar-refractivity contribution in [3.8, 4) is 0 Å². The molecule has 0 radical (unpaired) electrons. The van der Waals surface area contributed by atoms with Crippen LogP contribution < -0.4 is 5.73 Å². The molecule has 0 aromatic heterocycles. The highest BCUT2D eigenvalue weighted by molar-refractivity contribution is 9.10. The lowest BCUT2D eigenvalue weighted by atomic mass is 10.2. The average molecular weight is 363 g/mol. The summed E-state index contributed by atoms with van der Waals surface area (Å²) in [5, 5.41) is 1.36. The second kappa shape index (κ2) is 6.31. The number of nitrogens with two attached hydrogens (primary N) is 1. The van der Waals surface area contributed by atoms with Gasteiger partial charge in [-0.1, -0.05) is 50.9 Å². The third-order valence-electron chi connectivity index (χ3n) is 2.36. The molecular weight excluding hydrogens is 353 g/mol. The molecule has 0 bridgehead atoms. The molecule has 0 aliphatic heterocycles. The molecular formula is C13H10BrCl2NS. The second-order valence-corrected chi connectivity index (χ2v) is 6.48. The normalized spacial score (nSPS) is 10.7. The molecule has 0 heterocycles. The molecule has 0 spiro atoms. The van der Waals surface area contributed by atoms with Gasteiger partial charge in [0.2, 0.25) is 0 Å². The quantitative estimate of drug-likeness (QED) is 0.794. The lowest BCUT2D eigenvalue weighted by molar-refractivity contribution is 1.02. The van der Waals surface area contributed by atoms with Crippen molar-refractivity contribution in [2.75, 3.05) is 0 Å². The van der Waals surface area contributed by atoms with Crippen molar-refractivity contribution in [1.29, 1.82) is 0 Å². The second-order valence-electron chi connectivity index (χ2n) is 3.63. The molecule has 2 N–H and O–H groups in total. The van der Waals surface area contributed by atoms with E-state index in [9.17, 15) is 0 Å². The molecule has 2 aromatic carbocycles. The molecule has 0 saturated carbocycles. The Kier molecular flexibility index (Phi) is 4.98. The Morgan fingerprint density at radius 3 is 2.56 bits per heavy atom. The first-order valence-electron chi connectivity index (χ1n) is 5.21. The van der Waals surface area contributed by atoms with E-state index in [-0.39, 0.29) is 0 Å². The van der Waals surface area contributed by atoms with E-state index in [1.54, 1.807) is 23.9 Å². The van der Waals surface area contributed by atoms with Crippen LogP contribution in [0, 0.1) is 0 Å². The molecule has 0 fully saturated rings. The minimum atomic E-state index is 0.486. The molecule has 1 nitrogen and oxygen atoms in total. The topological polar surface area (TPSA) is 26.0 Å². The van der Waals surface area contributed by atoms with Crippen molar-refractivity contribution in [3.63, 3.8) is 0 Å². The summed E-state index contributed by atoms with van der Waals surface area (Å²) >= 11 is 17.1. The van der Waals surface area contributed by atoms with E-state index in [1.165, 1.54) is 0 Å². The molecule has 2 aromatic rings. The van der Waals surface area contributed by atoms with Crippen molar-refractivity contribution in [2.24, 2.45) is 5.73 Å². The smallest absolute Gasteiger partial charge is 0.0546 e. The fourth-order valence-electron chi connectivity index (χ4n) is 1.48. The van der Waals surface area contributed by atoms with Gasteiger partial charge in [0.25, 0.3) is 0 Å². The molecule has 0 aliphatic rings. The summed E-state index contributed by atoms with van der Waals surface area (Å²) in [7, 11) is 0. The molecule has 0 amide bonds. The number of hydrogen-bond donors (Lipinski definition) is 1. The number of halogens is 3. The van der Waals surface area contributed by atoms with Crippen LogP contribution in [0.1, 0.15) is 5.56 Å². The van der Waals surface area contributed by atoms with E-state index < -0.39 is 0 Å². The third-order valence-corrected chi connectivity index (χ3v) is 4.70. The van der Waals surface area contributed by atoms with Crippen LogP contribution in [0.15, 0.2) is 50.7 Å². The van der Waals surface area contributed by atoms with Gasteiger partial charge in [0.1, 0.15) is 0 Å². The standard InChI is InChI=1S/C13H10BrCl2NS/c14-9-1-4-12(8(5-9)7-17)18-13-6-10(15)2-3-11(13)16/h1-6H,7,17H2. The first-order valence-corrected chi connectivity index (χ1v) is 7.58. The zero-order valence-corrected chi connectivity index (χ0v) is 13.2. The van der Waals surface area contributed by atoms with E-state index in [0.717, 1.165) is 19.8 Å². The maximum atomic E-state index is 6.15. The number of rotatable bonds is 3. The summed E-state index contributed by atoms with van der Waals surface area (Å²) in [6.07, 6.45) is 0. The van der Waals surface area contributed by atoms with Crippen molar-refractivity contribution in [3.05, 3.63) is 56.5 Å². The highest BCUT2D eigenvalue weighted by Gasteiger charge is 2.07. The highest BCUT2D eigenvalue weighted by atomic mass is 79.9. The minimum absolute atomic E-state index is 0.486. The lowest BCUT2D eigenvalue weighted by Gasteiger charge is -2.09. The minimum Gasteiger partial charge on any atom is -0.326 e. The van der Waals surface area contributed by atoms with Crippen LogP contribution in [-0.2, 0) is 6.54 Å². The van der Waals surface area contributed by atoms with Gasteiger partial charge in [0, 0.05) is 25.8 Å². The van der Waals surface area contributed by atoms with Gasteiger partial charge in [0.15, 0.2) is 0 Å². The van der Waals surface area contributed by atoms with Crippen LogP contribution in [0.5, 0.6) is 0 Å². The summed E-state index contributed by atoms with van der Waals surface area (Å²) in [4.78, 5) is 2.02. The van der Waals surface area contributed by atoms with E-state index in [0.29, 0.717) is 16.6 Å². The van der Waals surface area contributed by atoms with Gasteiger partial charge in [-0.05, 0) is 42.0 Å². The fraction of sp³-hybridized carbons (Fsp3) is 0.0769. The summed E-state index contributed by atoms with van der Waals surface area (Å²) in [5.41, 5.74) is 6.82. The maximum absolute atomic E-state index is 6.15. The highest BCUT2D eigenvalue weighted by Crippen LogP contribution is 2.37.